The first-order chi connectivity index (χ1) is 9.28. The number of nitrogens with two attached hydrogens (primary N) is 1. The predicted octanol–water partition coefficient (Wildman–Crippen LogP) is -0.339. The van der Waals surface area contributed by atoms with Crippen LogP contribution in [-0.4, -0.2) is 26.3 Å². The van der Waals surface area contributed by atoms with Crippen LogP contribution in [-0.2, 0) is 19.6 Å². The zero-order chi connectivity index (χ0) is 14.9. The number of amides is 2. The second kappa shape index (κ2) is 5.22. The fourth-order valence-electron chi connectivity index (χ4n) is 1.99. The summed E-state index contributed by atoms with van der Waals surface area (Å²) in [5.74, 6) is -1.03. The van der Waals surface area contributed by atoms with Crippen molar-refractivity contribution in [1.29, 1.82) is 0 Å². The van der Waals surface area contributed by atoms with Gasteiger partial charge in [-0.1, -0.05) is 0 Å². The van der Waals surface area contributed by atoms with Gasteiger partial charge in [-0.2, -0.15) is 4.72 Å². The molecule has 2 rings (SSSR count). The van der Waals surface area contributed by atoms with Crippen LogP contribution in [0.15, 0.2) is 23.1 Å². The molecule has 1 aromatic rings. The molecule has 1 heterocycles. The Morgan fingerprint density at radius 1 is 1.30 bits per heavy atom. The van der Waals surface area contributed by atoms with Gasteiger partial charge in [0.25, 0.3) is 0 Å². The van der Waals surface area contributed by atoms with Crippen molar-refractivity contribution < 1.29 is 18.0 Å². The van der Waals surface area contributed by atoms with Crippen LogP contribution in [0.4, 0.5) is 5.69 Å². The van der Waals surface area contributed by atoms with Crippen molar-refractivity contribution in [3.05, 3.63) is 23.8 Å². The van der Waals surface area contributed by atoms with Gasteiger partial charge in [-0.3, -0.25) is 14.9 Å². The standard InChI is InChI=1S/C12H15N3O4S/c1-7-4-8(13)6-9(5-7)20(18,19)15-10-2-3-11(16)14-12(10)17/h4-6,10,15H,2-3,13H2,1H3,(H,14,16,17). The maximum Gasteiger partial charge on any atom is 0.244 e. The second-order valence-corrected chi connectivity index (χ2v) is 6.42. The minimum atomic E-state index is -3.86. The average Bonchev–Trinajstić information content (AvgIpc) is 2.31. The average molecular weight is 297 g/mol. The third-order valence-electron chi connectivity index (χ3n) is 2.92. The number of imide groups is 1. The molecule has 1 aromatic carbocycles. The van der Waals surface area contributed by atoms with E-state index in [0.29, 0.717) is 11.3 Å². The molecule has 0 spiro atoms. The number of carbonyl (C=O) groups is 2. The smallest absolute Gasteiger partial charge is 0.244 e. The van der Waals surface area contributed by atoms with E-state index < -0.39 is 27.9 Å². The highest BCUT2D eigenvalue weighted by molar-refractivity contribution is 7.89. The molecule has 0 bridgehead atoms. The highest BCUT2D eigenvalue weighted by atomic mass is 32.2. The molecule has 20 heavy (non-hydrogen) atoms. The first-order valence-electron chi connectivity index (χ1n) is 6.01. The summed E-state index contributed by atoms with van der Waals surface area (Å²) >= 11 is 0. The Balaban J connectivity index is 2.23. The van der Waals surface area contributed by atoms with E-state index in [1.807, 2.05) is 0 Å². The van der Waals surface area contributed by atoms with Crippen LogP contribution >= 0.6 is 0 Å². The number of piperidine rings is 1. The third kappa shape index (κ3) is 3.14. The molecule has 8 heteroatoms. The first-order valence-corrected chi connectivity index (χ1v) is 7.49. The number of benzene rings is 1. The number of nitrogen functional groups attached to an aromatic ring is 1. The van der Waals surface area contributed by atoms with E-state index in [1.54, 1.807) is 13.0 Å². The molecule has 0 radical (unpaired) electrons. The largest absolute Gasteiger partial charge is 0.399 e. The number of sulfonamides is 1. The molecule has 0 aliphatic carbocycles. The van der Waals surface area contributed by atoms with Gasteiger partial charge in [-0.25, -0.2) is 8.42 Å². The van der Waals surface area contributed by atoms with Crippen LogP contribution in [0, 0.1) is 6.92 Å². The molecule has 7 nitrogen and oxygen atoms in total. The summed E-state index contributed by atoms with van der Waals surface area (Å²) in [6.45, 7) is 1.72. The number of hydrogen-bond acceptors (Lipinski definition) is 5. The summed E-state index contributed by atoms with van der Waals surface area (Å²) in [6.07, 6.45) is 0.250. The molecule has 1 aliphatic heterocycles. The first kappa shape index (κ1) is 14.5. The maximum absolute atomic E-state index is 12.2. The normalized spacial score (nSPS) is 19.8. The zero-order valence-corrected chi connectivity index (χ0v) is 11.7. The molecule has 1 unspecified atom stereocenters. The van der Waals surface area contributed by atoms with Gasteiger partial charge in [0.2, 0.25) is 21.8 Å². The van der Waals surface area contributed by atoms with Crippen LogP contribution in [0.1, 0.15) is 18.4 Å². The Bertz CT molecular complexity index is 649. The SMILES string of the molecule is Cc1cc(N)cc(S(=O)(=O)NC2CCC(=O)NC2=O)c1. The Morgan fingerprint density at radius 2 is 2.00 bits per heavy atom. The Morgan fingerprint density at radius 3 is 2.60 bits per heavy atom. The van der Waals surface area contributed by atoms with Gasteiger partial charge in [0, 0.05) is 12.1 Å². The summed E-state index contributed by atoms with van der Waals surface area (Å²) in [5, 5.41) is 2.10. The quantitative estimate of drug-likeness (QED) is 0.521. The minimum absolute atomic E-state index is 0.000278. The van der Waals surface area contributed by atoms with E-state index in [4.69, 9.17) is 5.73 Å². The van der Waals surface area contributed by atoms with Crippen molar-refractivity contribution in [1.82, 2.24) is 10.0 Å². The minimum Gasteiger partial charge on any atom is -0.399 e. The van der Waals surface area contributed by atoms with E-state index in [2.05, 4.69) is 10.0 Å². The van der Waals surface area contributed by atoms with Crippen molar-refractivity contribution in [3.8, 4) is 0 Å². The van der Waals surface area contributed by atoms with Crippen molar-refractivity contribution >= 4 is 27.5 Å². The molecule has 2 amide bonds. The molecule has 108 valence electrons. The highest BCUT2D eigenvalue weighted by Gasteiger charge is 2.30. The topological polar surface area (TPSA) is 118 Å². The fraction of sp³-hybridized carbons (Fsp3) is 0.333. The summed E-state index contributed by atoms with van der Waals surface area (Å²) in [6, 6.07) is 3.48. The fourth-order valence-corrected chi connectivity index (χ4v) is 3.36. The lowest BCUT2D eigenvalue weighted by Gasteiger charge is -2.21. The third-order valence-corrected chi connectivity index (χ3v) is 4.37. The van der Waals surface area contributed by atoms with E-state index in [1.165, 1.54) is 12.1 Å². The highest BCUT2D eigenvalue weighted by Crippen LogP contribution is 2.17. The number of nitrogens with one attached hydrogen (secondary N) is 2. The lowest BCUT2D eigenvalue weighted by atomic mass is 10.1. The maximum atomic E-state index is 12.2. The molecular formula is C12H15N3O4S. The van der Waals surface area contributed by atoms with E-state index in [-0.39, 0.29) is 17.7 Å². The second-order valence-electron chi connectivity index (χ2n) is 4.70. The molecule has 4 N–H and O–H groups in total. The Kier molecular flexibility index (Phi) is 3.78. The lowest BCUT2D eigenvalue weighted by Crippen LogP contribution is -2.52. The number of anilines is 1. The van der Waals surface area contributed by atoms with Crippen molar-refractivity contribution in [3.63, 3.8) is 0 Å². The van der Waals surface area contributed by atoms with Gasteiger partial charge in [-0.05, 0) is 37.1 Å². The molecule has 1 aliphatic rings. The summed E-state index contributed by atoms with van der Waals surface area (Å²) in [7, 11) is -3.86. The van der Waals surface area contributed by atoms with Crippen LogP contribution in [0.3, 0.4) is 0 Å². The van der Waals surface area contributed by atoms with Crippen molar-refractivity contribution in [2.75, 3.05) is 5.73 Å². The van der Waals surface area contributed by atoms with Crippen LogP contribution in [0.5, 0.6) is 0 Å². The number of hydrogen-bond donors (Lipinski definition) is 3. The summed E-state index contributed by atoms with van der Waals surface area (Å²) in [4.78, 5) is 22.6. The molecule has 0 aromatic heterocycles. The lowest BCUT2D eigenvalue weighted by molar-refractivity contribution is -0.134. The van der Waals surface area contributed by atoms with Gasteiger partial charge >= 0.3 is 0 Å². The molecular weight excluding hydrogens is 282 g/mol. The molecule has 1 fully saturated rings. The molecule has 1 atom stereocenters. The van der Waals surface area contributed by atoms with Gasteiger partial charge in [0.05, 0.1) is 4.90 Å². The molecule has 1 saturated heterocycles. The predicted molar refractivity (Wildman–Crippen MR) is 72.1 cm³/mol. The number of aryl methyl sites for hydroxylation is 1. The zero-order valence-electron chi connectivity index (χ0n) is 10.8. The van der Waals surface area contributed by atoms with E-state index >= 15 is 0 Å². The van der Waals surface area contributed by atoms with Crippen LogP contribution in [0.2, 0.25) is 0 Å². The summed E-state index contributed by atoms with van der Waals surface area (Å²) in [5.41, 5.74) is 6.65. The van der Waals surface area contributed by atoms with Crippen molar-refractivity contribution in [2.24, 2.45) is 0 Å². The van der Waals surface area contributed by atoms with E-state index in [9.17, 15) is 18.0 Å². The van der Waals surface area contributed by atoms with Crippen LogP contribution < -0.4 is 15.8 Å². The summed E-state index contributed by atoms with van der Waals surface area (Å²) < 4.78 is 26.7. The van der Waals surface area contributed by atoms with Gasteiger partial charge in [0.15, 0.2) is 0 Å². The molecule has 0 saturated carbocycles. The van der Waals surface area contributed by atoms with Gasteiger partial charge < -0.3 is 5.73 Å². The Labute approximate surface area is 116 Å². The monoisotopic (exact) mass is 297 g/mol. The van der Waals surface area contributed by atoms with Crippen molar-refractivity contribution in [2.45, 2.75) is 30.7 Å². The van der Waals surface area contributed by atoms with Gasteiger partial charge in [0.1, 0.15) is 6.04 Å². The van der Waals surface area contributed by atoms with Gasteiger partial charge in [-0.15, -0.1) is 0 Å². The van der Waals surface area contributed by atoms with Crippen LogP contribution in [0.25, 0.3) is 0 Å². The van der Waals surface area contributed by atoms with E-state index in [0.717, 1.165) is 0 Å². The number of rotatable bonds is 3. The number of carbonyl (C=O) groups excluding carboxylic acids is 2. The Hall–Kier alpha value is -1.93.